The van der Waals surface area contributed by atoms with Crippen LogP contribution in [0, 0.1) is 0 Å². The Labute approximate surface area is 74.0 Å². The molecule has 1 aromatic rings. The van der Waals surface area contributed by atoms with E-state index in [2.05, 4.69) is 32.7 Å². The molecule has 0 amide bonds. The van der Waals surface area contributed by atoms with Crippen molar-refractivity contribution in [1.82, 2.24) is 4.98 Å². The van der Waals surface area contributed by atoms with E-state index >= 15 is 0 Å². The zero-order valence-electron chi connectivity index (χ0n) is 8.35. The first-order chi connectivity index (χ1) is 5.54. The van der Waals surface area contributed by atoms with Crippen LogP contribution in [-0.2, 0) is 11.8 Å². The first kappa shape index (κ1) is 9.30. The molecule has 0 saturated carbocycles. The van der Waals surface area contributed by atoms with Crippen molar-refractivity contribution in [3.05, 3.63) is 17.8 Å². The summed E-state index contributed by atoms with van der Waals surface area (Å²) in [5, 5.41) is 0. The molecule has 0 saturated heterocycles. The van der Waals surface area contributed by atoms with E-state index < -0.39 is 0 Å². The minimum Gasteiger partial charge on any atom is -0.449 e. The number of nitrogens with zero attached hydrogens (tertiary/aromatic N) is 1. The van der Waals surface area contributed by atoms with E-state index in [0.717, 1.165) is 24.4 Å². The van der Waals surface area contributed by atoms with Crippen molar-refractivity contribution in [3.8, 4) is 0 Å². The minimum absolute atomic E-state index is 0.107. The Hall–Kier alpha value is -0.790. The molecule has 1 rings (SSSR count). The minimum atomic E-state index is 0.107. The van der Waals surface area contributed by atoms with Gasteiger partial charge in [0.05, 0.1) is 5.69 Å². The first-order valence-electron chi connectivity index (χ1n) is 4.49. The third kappa shape index (κ3) is 2.10. The van der Waals surface area contributed by atoms with Gasteiger partial charge in [0.15, 0.2) is 5.89 Å². The molecule has 0 aliphatic carbocycles. The maximum absolute atomic E-state index is 5.32. The van der Waals surface area contributed by atoms with Gasteiger partial charge < -0.3 is 4.42 Å². The summed E-state index contributed by atoms with van der Waals surface area (Å²) in [4.78, 5) is 4.40. The van der Waals surface area contributed by atoms with Gasteiger partial charge in [-0.1, -0.05) is 27.7 Å². The lowest BCUT2D eigenvalue weighted by Gasteiger charge is -2.12. The Balaban J connectivity index is 2.77. The van der Waals surface area contributed by atoms with E-state index in [1.807, 2.05) is 0 Å². The van der Waals surface area contributed by atoms with Crippen molar-refractivity contribution in [1.29, 1.82) is 0 Å². The fourth-order valence-electron chi connectivity index (χ4n) is 0.984. The molecular formula is C10H17NO. The molecule has 0 bridgehead atoms. The molecule has 12 heavy (non-hydrogen) atoms. The van der Waals surface area contributed by atoms with E-state index in [1.165, 1.54) is 0 Å². The van der Waals surface area contributed by atoms with Crippen molar-refractivity contribution < 1.29 is 4.42 Å². The van der Waals surface area contributed by atoms with Crippen LogP contribution >= 0.6 is 0 Å². The fraction of sp³-hybridized carbons (Fsp3) is 0.700. The van der Waals surface area contributed by atoms with Gasteiger partial charge in [-0.3, -0.25) is 0 Å². The molecule has 0 atom stereocenters. The summed E-state index contributed by atoms with van der Waals surface area (Å²) in [5.74, 6) is 0.863. The lowest BCUT2D eigenvalue weighted by atomic mass is 9.93. The average Bonchev–Trinajstić information content (AvgIpc) is 2.35. The van der Waals surface area contributed by atoms with Crippen molar-refractivity contribution in [2.45, 2.75) is 46.0 Å². The highest BCUT2D eigenvalue weighted by molar-refractivity contribution is 5.08. The second-order valence-corrected chi connectivity index (χ2v) is 4.13. The first-order valence-corrected chi connectivity index (χ1v) is 4.49. The number of oxazole rings is 1. The van der Waals surface area contributed by atoms with E-state index in [-0.39, 0.29) is 5.41 Å². The molecule has 0 unspecified atom stereocenters. The largest absolute Gasteiger partial charge is 0.449 e. The van der Waals surface area contributed by atoms with Gasteiger partial charge in [-0.05, 0) is 6.42 Å². The summed E-state index contributed by atoms with van der Waals surface area (Å²) in [7, 11) is 0. The normalized spacial score (nSPS) is 12.0. The average molecular weight is 167 g/mol. The number of rotatable bonds is 2. The Morgan fingerprint density at radius 3 is 2.50 bits per heavy atom. The molecule has 0 radical (unpaired) electrons. The molecule has 1 aromatic heterocycles. The molecule has 0 aromatic carbocycles. The molecule has 1 heterocycles. The number of hydrogen-bond donors (Lipinski definition) is 0. The Morgan fingerprint density at radius 1 is 1.42 bits per heavy atom. The van der Waals surface area contributed by atoms with Gasteiger partial charge in [-0.2, -0.15) is 0 Å². The van der Waals surface area contributed by atoms with Crippen LogP contribution in [0.15, 0.2) is 10.7 Å². The van der Waals surface area contributed by atoms with Gasteiger partial charge >= 0.3 is 0 Å². The zero-order chi connectivity index (χ0) is 9.19. The highest BCUT2D eigenvalue weighted by Crippen LogP contribution is 2.21. The lowest BCUT2D eigenvalue weighted by Crippen LogP contribution is -2.11. The predicted molar refractivity (Wildman–Crippen MR) is 49.2 cm³/mol. The standard InChI is InChI=1S/C10H17NO/c1-5-6-9-11-8(7-12-9)10(2,3)4/h7H,5-6H2,1-4H3. The highest BCUT2D eigenvalue weighted by Gasteiger charge is 2.17. The van der Waals surface area contributed by atoms with Crippen molar-refractivity contribution in [2.75, 3.05) is 0 Å². The van der Waals surface area contributed by atoms with Gasteiger partial charge in [0.25, 0.3) is 0 Å². The third-order valence-electron chi connectivity index (χ3n) is 1.78. The summed E-state index contributed by atoms with van der Waals surface area (Å²) in [5.41, 5.74) is 1.15. The van der Waals surface area contributed by atoms with Gasteiger partial charge in [-0.25, -0.2) is 4.98 Å². The maximum atomic E-state index is 5.32. The van der Waals surface area contributed by atoms with E-state index in [1.54, 1.807) is 6.26 Å². The monoisotopic (exact) mass is 167 g/mol. The molecular weight excluding hydrogens is 150 g/mol. The lowest BCUT2D eigenvalue weighted by molar-refractivity contribution is 0.488. The van der Waals surface area contributed by atoms with Gasteiger partial charge in [0, 0.05) is 11.8 Å². The SMILES string of the molecule is CCCc1nc(C(C)(C)C)co1. The smallest absolute Gasteiger partial charge is 0.194 e. The molecule has 0 aliphatic rings. The van der Waals surface area contributed by atoms with Crippen LogP contribution in [0.25, 0.3) is 0 Å². The Kier molecular flexibility index (Phi) is 2.55. The summed E-state index contributed by atoms with van der Waals surface area (Å²) < 4.78 is 5.32. The predicted octanol–water partition coefficient (Wildman–Crippen LogP) is 2.92. The van der Waals surface area contributed by atoms with E-state index in [4.69, 9.17) is 4.42 Å². The van der Waals surface area contributed by atoms with Gasteiger partial charge in [0.1, 0.15) is 6.26 Å². The molecule has 68 valence electrons. The Bertz CT molecular complexity index is 245. The molecule has 0 fully saturated rings. The maximum Gasteiger partial charge on any atom is 0.194 e. The number of aryl methyl sites for hydroxylation is 1. The van der Waals surface area contributed by atoms with Crippen LogP contribution in [0.5, 0.6) is 0 Å². The molecule has 2 nitrogen and oxygen atoms in total. The van der Waals surface area contributed by atoms with Crippen molar-refractivity contribution in [2.24, 2.45) is 0 Å². The van der Waals surface area contributed by atoms with Crippen molar-refractivity contribution in [3.63, 3.8) is 0 Å². The van der Waals surface area contributed by atoms with Crippen LogP contribution in [0.1, 0.15) is 45.7 Å². The zero-order valence-corrected chi connectivity index (χ0v) is 8.35. The van der Waals surface area contributed by atoms with Crippen LogP contribution in [0.2, 0.25) is 0 Å². The summed E-state index contributed by atoms with van der Waals surface area (Å²) in [6, 6.07) is 0. The van der Waals surface area contributed by atoms with E-state index in [0.29, 0.717) is 0 Å². The molecule has 2 heteroatoms. The van der Waals surface area contributed by atoms with Crippen LogP contribution < -0.4 is 0 Å². The number of hydrogen-bond acceptors (Lipinski definition) is 2. The van der Waals surface area contributed by atoms with Crippen LogP contribution in [0.4, 0.5) is 0 Å². The molecule has 0 aliphatic heterocycles. The topological polar surface area (TPSA) is 26.0 Å². The number of aromatic nitrogens is 1. The Morgan fingerprint density at radius 2 is 2.08 bits per heavy atom. The van der Waals surface area contributed by atoms with Crippen molar-refractivity contribution >= 4 is 0 Å². The second-order valence-electron chi connectivity index (χ2n) is 4.13. The third-order valence-corrected chi connectivity index (χ3v) is 1.78. The quantitative estimate of drug-likeness (QED) is 0.677. The van der Waals surface area contributed by atoms with E-state index in [9.17, 15) is 0 Å². The molecule has 0 spiro atoms. The second kappa shape index (κ2) is 3.30. The van der Waals surface area contributed by atoms with Gasteiger partial charge in [-0.15, -0.1) is 0 Å². The van der Waals surface area contributed by atoms with Gasteiger partial charge in [0.2, 0.25) is 0 Å². The molecule has 0 N–H and O–H groups in total. The fourth-order valence-corrected chi connectivity index (χ4v) is 0.984. The summed E-state index contributed by atoms with van der Waals surface area (Å²) in [6.45, 7) is 8.54. The van der Waals surface area contributed by atoms with Crippen LogP contribution in [0.3, 0.4) is 0 Å². The summed E-state index contributed by atoms with van der Waals surface area (Å²) >= 11 is 0. The summed E-state index contributed by atoms with van der Waals surface area (Å²) in [6.07, 6.45) is 3.80. The highest BCUT2D eigenvalue weighted by atomic mass is 16.3. The van der Waals surface area contributed by atoms with Crippen LogP contribution in [-0.4, -0.2) is 4.98 Å².